The number of nitrogens with one attached hydrogen (secondary N) is 2. The predicted molar refractivity (Wildman–Crippen MR) is 89.3 cm³/mol. The minimum Gasteiger partial charge on any atom is -0.490 e. The van der Waals surface area contributed by atoms with Gasteiger partial charge in [0.05, 0.1) is 5.69 Å². The molecule has 0 fully saturated rings. The van der Waals surface area contributed by atoms with E-state index in [1.807, 2.05) is 12.4 Å². The third-order valence-corrected chi connectivity index (χ3v) is 4.04. The van der Waals surface area contributed by atoms with Crippen LogP contribution in [0, 0.1) is 0 Å². The Morgan fingerprint density at radius 2 is 2.09 bits per heavy atom. The lowest BCUT2D eigenvalue weighted by molar-refractivity contribution is 0.323. The zero-order valence-electron chi connectivity index (χ0n) is 13.0. The molecule has 0 spiro atoms. The summed E-state index contributed by atoms with van der Waals surface area (Å²) in [4.78, 5) is 4.05. The third kappa shape index (κ3) is 3.77. The number of anilines is 1. The second kappa shape index (κ2) is 7.27. The van der Waals surface area contributed by atoms with Crippen molar-refractivity contribution in [2.24, 2.45) is 0 Å². The smallest absolute Gasteiger partial charge is 0.142 e. The molecule has 1 aliphatic rings. The standard InChI is InChI=1S/C18H23N3O/c1-2-16(21-13-14-5-7-19-8-6-14)11-15-3-4-18-17(12-15)20-9-10-22-18/h3-8,12,16,20-21H,2,9-11,13H2,1H3. The summed E-state index contributed by atoms with van der Waals surface area (Å²) >= 11 is 0. The first-order chi connectivity index (χ1) is 10.8. The Hall–Kier alpha value is -2.07. The SMILES string of the molecule is CCC(Cc1ccc2c(c1)NCCO2)NCc1ccncc1. The van der Waals surface area contributed by atoms with E-state index in [4.69, 9.17) is 4.74 Å². The lowest BCUT2D eigenvalue weighted by Crippen LogP contribution is -2.30. The maximum Gasteiger partial charge on any atom is 0.142 e. The van der Waals surface area contributed by atoms with E-state index in [0.29, 0.717) is 6.04 Å². The zero-order valence-corrected chi connectivity index (χ0v) is 13.0. The van der Waals surface area contributed by atoms with Gasteiger partial charge in [0.1, 0.15) is 12.4 Å². The van der Waals surface area contributed by atoms with E-state index in [9.17, 15) is 0 Å². The Labute approximate surface area is 131 Å². The van der Waals surface area contributed by atoms with Crippen molar-refractivity contribution in [3.63, 3.8) is 0 Å². The van der Waals surface area contributed by atoms with Crippen LogP contribution in [0.25, 0.3) is 0 Å². The number of fused-ring (bicyclic) bond motifs is 1. The molecule has 0 radical (unpaired) electrons. The van der Waals surface area contributed by atoms with Gasteiger partial charge in [-0.2, -0.15) is 0 Å². The van der Waals surface area contributed by atoms with Gasteiger partial charge in [-0.15, -0.1) is 0 Å². The van der Waals surface area contributed by atoms with Crippen molar-refractivity contribution in [1.82, 2.24) is 10.3 Å². The van der Waals surface area contributed by atoms with Crippen molar-refractivity contribution >= 4 is 5.69 Å². The van der Waals surface area contributed by atoms with Gasteiger partial charge in [-0.05, 0) is 48.2 Å². The zero-order chi connectivity index (χ0) is 15.2. The molecule has 1 atom stereocenters. The molecule has 4 heteroatoms. The average Bonchev–Trinajstić information content (AvgIpc) is 2.59. The third-order valence-electron chi connectivity index (χ3n) is 4.04. The van der Waals surface area contributed by atoms with Gasteiger partial charge in [-0.25, -0.2) is 0 Å². The van der Waals surface area contributed by atoms with Crippen LogP contribution in [-0.2, 0) is 13.0 Å². The topological polar surface area (TPSA) is 46.2 Å². The number of hydrogen-bond acceptors (Lipinski definition) is 4. The number of ether oxygens (including phenoxy) is 1. The van der Waals surface area contributed by atoms with E-state index in [0.717, 1.165) is 44.0 Å². The number of hydrogen-bond donors (Lipinski definition) is 2. The number of nitrogens with zero attached hydrogens (tertiary/aromatic N) is 1. The molecule has 22 heavy (non-hydrogen) atoms. The van der Waals surface area contributed by atoms with Gasteiger partial charge in [0, 0.05) is 31.5 Å². The maximum atomic E-state index is 5.63. The number of pyridine rings is 1. The molecule has 1 unspecified atom stereocenters. The van der Waals surface area contributed by atoms with Gasteiger partial charge in [-0.3, -0.25) is 4.98 Å². The molecule has 0 amide bonds. The van der Waals surface area contributed by atoms with Crippen LogP contribution in [0.1, 0.15) is 24.5 Å². The van der Waals surface area contributed by atoms with Crippen LogP contribution in [0.4, 0.5) is 5.69 Å². The van der Waals surface area contributed by atoms with E-state index in [1.165, 1.54) is 11.1 Å². The Kier molecular flexibility index (Phi) is 4.91. The van der Waals surface area contributed by atoms with Gasteiger partial charge >= 0.3 is 0 Å². The monoisotopic (exact) mass is 297 g/mol. The maximum absolute atomic E-state index is 5.63. The lowest BCUT2D eigenvalue weighted by Gasteiger charge is -2.21. The first kappa shape index (κ1) is 14.9. The first-order valence-electron chi connectivity index (χ1n) is 7.97. The molecule has 0 saturated heterocycles. The average molecular weight is 297 g/mol. The molecule has 1 aromatic carbocycles. The molecule has 0 bridgehead atoms. The molecule has 1 aliphatic heterocycles. The van der Waals surface area contributed by atoms with Gasteiger partial charge < -0.3 is 15.4 Å². The minimum absolute atomic E-state index is 0.468. The number of aromatic nitrogens is 1. The quantitative estimate of drug-likeness (QED) is 0.860. The largest absolute Gasteiger partial charge is 0.490 e. The van der Waals surface area contributed by atoms with Crippen molar-refractivity contribution in [3.8, 4) is 5.75 Å². The van der Waals surface area contributed by atoms with Gasteiger partial charge in [-0.1, -0.05) is 13.0 Å². The molecule has 3 rings (SSSR count). The highest BCUT2D eigenvalue weighted by molar-refractivity contribution is 5.59. The number of benzene rings is 1. The van der Waals surface area contributed by atoms with E-state index >= 15 is 0 Å². The Morgan fingerprint density at radius 3 is 2.91 bits per heavy atom. The fourth-order valence-corrected chi connectivity index (χ4v) is 2.72. The van der Waals surface area contributed by atoms with Crippen LogP contribution in [0.2, 0.25) is 0 Å². The van der Waals surface area contributed by atoms with Gasteiger partial charge in [0.15, 0.2) is 0 Å². The van der Waals surface area contributed by atoms with Crippen molar-refractivity contribution in [1.29, 1.82) is 0 Å². The van der Waals surface area contributed by atoms with Crippen LogP contribution in [0.5, 0.6) is 5.75 Å². The molecule has 4 nitrogen and oxygen atoms in total. The van der Waals surface area contributed by atoms with E-state index in [2.05, 4.69) is 52.9 Å². The van der Waals surface area contributed by atoms with Gasteiger partial charge in [0.2, 0.25) is 0 Å². The first-order valence-corrected chi connectivity index (χ1v) is 7.97. The summed E-state index contributed by atoms with van der Waals surface area (Å²) in [6, 6.07) is 11.0. The summed E-state index contributed by atoms with van der Waals surface area (Å²) < 4.78 is 5.63. The van der Waals surface area contributed by atoms with Crippen LogP contribution in [-0.4, -0.2) is 24.2 Å². The van der Waals surface area contributed by atoms with E-state index in [-0.39, 0.29) is 0 Å². The van der Waals surface area contributed by atoms with E-state index < -0.39 is 0 Å². The summed E-state index contributed by atoms with van der Waals surface area (Å²) in [6.07, 6.45) is 5.81. The van der Waals surface area contributed by atoms with E-state index in [1.54, 1.807) is 0 Å². The van der Waals surface area contributed by atoms with Crippen molar-refractivity contribution in [2.75, 3.05) is 18.5 Å². The second-order valence-electron chi connectivity index (χ2n) is 5.65. The highest BCUT2D eigenvalue weighted by Crippen LogP contribution is 2.28. The van der Waals surface area contributed by atoms with Crippen LogP contribution < -0.4 is 15.4 Å². The minimum atomic E-state index is 0.468. The molecule has 1 aromatic heterocycles. The lowest BCUT2D eigenvalue weighted by atomic mass is 10.0. The van der Waals surface area contributed by atoms with Crippen LogP contribution in [0.15, 0.2) is 42.7 Å². The molecule has 2 aromatic rings. The summed E-state index contributed by atoms with van der Waals surface area (Å²) in [5.74, 6) is 0.966. The molecule has 2 heterocycles. The Balaban J connectivity index is 1.60. The van der Waals surface area contributed by atoms with Crippen molar-refractivity contribution < 1.29 is 4.74 Å². The molecular formula is C18H23N3O. The second-order valence-corrected chi connectivity index (χ2v) is 5.65. The number of rotatable bonds is 6. The molecule has 2 N–H and O–H groups in total. The van der Waals surface area contributed by atoms with Crippen LogP contribution >= 0.6 is 0 Å². The van der Waals surface area contributed by atoms with Crippen molar-refractivity contribution in [2.45, 2.75) is 32.4 Å². The van der Waals surface area contributed by atoms with Crippen molar-refractivity contribution in [3.05, 3.63) is 53.9 Å². The normalized spacial score (nSPS) is 14.6. The summed E-state index contributed by atoms with van der Waals surface area (Å²) in [7, 11) is 0. The molecular weight excluding hydrogens is 274 g/mol. The molecule has 0 aliphatic carbocycles. The van der Waals surface area contributed by atoms with Crippen LogP contribution in [0.3, 0.4) is 0 Å². The molecule has 116 valence electrons. The fraction of sp³-hybridized carbons (Fsp3) is 0.389. The van der Waals surface area contributed by atoms with Gasteiger partial charge in [0.25, 0.3) is 0 Å². The Morgan fingerprint density at radius 1 is 1.23 bits per heavy atom. The Bertz CT molecular complexity index is 601. The summed E-state index contributed by atoms with van der Waals surface area (Å²) in [5, 5.41) is 7.03. The summed E-state index contributed by atoms with van der Waals surface area (Å²) in [5.41, 5.74) is 3.73. The highest BCUT2D eigenvalue weighted by atomic mass is 16.5. The molecule has 0 saturated carbocycles. The highest BCUT2D eigenvalue weighted by Gasteiger charge is 2.12. The predicted octanol–water partition coefficient (Wildman–Crippen LogP) is 3.00. The fourth-order valence-electron chi connectivity index (χ4n) is 2.72. The summed E-state index contributed by atoms with van der Waals surface area (Å²) in [6.45, 7) is 4.74.